The van der Waals surface area contributed by atoms with Crippen molar-refractivity contribution in [2.24, 2.45) is 0 Å². The largest absolute Gasteiger partial charge is 0.391 e. The van der Waals surface area contributed by atoms with Crippen LogP contribution in [-0.2, 0) is 4.79 Å². The van der Waals surface area contributed by atoms with Gasteiger partial charge in [0, 0.05) is 0 Å². The summed E-state index contributed by atoms with van der Waals surface area (Å²) in [7, 11) is 0. The Bertz CT molecular complexity index is 129. The normalized spacial score (nSPS) is 20.1. The molecule has 0 aliphatic carbocycles. The minimum atomic E-state index is -1.65. The van der Waals surface area contributed by atoms with Gasteiger partial charge in [0.05, 0.1) is 6.10 Å². The summed E-state index contributed by atoms with van der Waals surface area (Å²) in [4.78, 5) is 9.87. The number of aliphatic hydroxyl groups is 4. The van der Waals surface area contributed by atoms with Gasteiger partial charge in [-0.15, -0.1) is 17.0 Å². The third-order valence-electron chi connectivity index (χ3n) is 1.33. The van der Waals surface area contributed by atoms with Gasteiger partial charge in [0.25, 0.3) is 0 Å². The van der Waals surface area contributed by atoms with Gasteiger partial charge in [-0.3, -0.25) is 0 Å². The standard InChI is InChI=1S/C6H12O5.BrH/c1-3(8)5(10)6(11)4(9)2-7;/h2-6,8-11H,1H3;1H/t3-,4-,5-,6-;/m0./s1. The van der Waals surface area contributed by atoms with Crippen molar-refractivity contribution in [1.29, 1.82) is 0 Å². The number of hydrogen-bond acceptors (Lipinski definition) is 5. The zero-order valence-electron chi connectivity index (χ0n) is 6.49. The Kier molecular flexibility index (Phi) is 7.86. The minimum Gasteiger partial charge on any atom is -0.391 e. The minimum absolute atomic E-state index is 0. The summed E-state index contributed by atoms with van der Waals surface area (Å²) < 4.78 is 0. The van der Waals surface area contributed by atoms with Crippen LogP contribution in [0.15, 0.2) is 0 Å². The maximum atomic E-state index is 9.87. The Morgan fingerprint density at radius 2 is 1.50 bits per heavy atom. The molecule has 0 aliphatic rings. The third-order valence-corrected chi connectivity index (χ3v) is 1.33. The Balaban J connectivity index is 0. The van der Waals surface area contributed by atoms with Crippen LogP contribution < -0.4 is 0 Å². The number of rotatable bonds is 4. The van der Waals surface area contributed by atoms with Crippen molar-refractivity contribution in [3.05, 3.63) is 0 Å². The van der Waals surface area contributed by atoms with Gasteiger partial charge in [-0.25, -0.2) is 0 Å². The Labute approximate surface area is 80.4 Å². The molecule has 0 heterocycles. The molecule has 4 N–H and O–H groups in total. The van der Waals surface area contributed by atoms with Gasteiger partial charge in [0.1, 0.15) is 18.3 Å². The van der Waals surface area contributed by atoms with Gasteiger partial charge >= 0.3 is 0 Å². The number of aliphatic hydroxyl groups excluding tert-OH is 4. The van der Waals surface area contributed by atoms with E-state index < -0.39 is 24.4 Å². The van der Waals surface area contributed by atoms with Crippen molar-refractivity contribution in [2.45, 2.75) is 31.3 Å². The molecule has 5 nitrogen and oxygen atoms in total. The van der Waals surface area contributed by atoms with Gasteiger partial charge in [-0.2, -0.15) is 0 Å². The van der Waals surface area contributed by atoms with Gasteiger partial charge < -0.3 is 25.2 Å². The second-order valence-corrected chi connectivity index (χ2v) is 2.35. The van der Waals surface area contributed by atoms with E-state index in [0.717, 1.165) is 0 Å². The van der Waals surface area contributed by atoms with E-state index in [1.807, 2.05) is 0 Å². The molecule has 0 unspecified atom stereocenters. The molecule has 0 amide bonds. The maximum absolute atomic E-state index is 9.87. The SMILES string of the molecule is Br.C[C@H](O)[C@H](O)[C@@H](O)[C@@H](O)C=O. The van der Waals surface area contributed by atoms with E-state index >= 15 is 0 Å². The van der Waals surface area contributed by atoms with Crippen LogP contribution in [0.2, 0.25) is 0 Å². The first kappa shape index (κ1) is 14.5. The highest BCUT2D eigenvalue weighted by Gasteiger charge is 2.27. The first-order chi connectivity index (χ1) is 5.00. The fourth-order valence-corrected chi connectivity index (χ4v) is 0.568. The van der Waals surface area contributed by atoms with Gasteiger partial charge in [0.15, 0.2) is 6.29 Å². The summed E-state index contributed by atoms with van der Waals surface area (Å²) in [5.74, 6) is 0. The zero-order chi connectivity index (χ0) is 9.02. The number of carbonyl (C=O) groups is 1. The molecular weight excluding hydrogens is 232 g/mol. The van der Waals surface area contributed by atoms with Crippen LogP contribution in [0.5, 0.6) is 0 Å². The molecule has 4 atom stereocenters. The van der Waals surface area contributed by atoms with Gasteiger partial charge in [-0.05, 0) is 6.92 Å². The van der Waals surface area contributed by atoms with E-state index in [1.165, 1.54) is 6.92 Å². The first-order valence-corrected chi connectivity index (χ1v) is 3.18. The predicted octanol–water partition coefficient (Wildman–Crippen LogP) is -1.77. The van der Waals surface area contributed by atoms with Crippen molar-refractivity contribution in [1.82, 2.24) is 0 Å². The summed E-state index contributed by atoms with van der Waals surface area (Å²) >= 11 is 0. The van der Waals surface area contributed by atoms with Crippen LogP contribution in [0.3, 0.4) is 0 Å². The molecule has 0 spiro atoms. The molecule has 74 valence electrons. The second kappa shape index (κ2) is 6.50. The molecular formula is C6H13BrO5. The summed E-state index contributed by atoms with van der Waals surface area (Å²) in [6.07, 6.45) is -5.88. The van der Waals surface area contributed by atoms with Gasteiger partial charge in [-0.1, -0.05) is 0 Å². The molecule has 0 saturated carbocycles. The summed E-state index contributed by atoms with van der Waals surface area (Å²) in [6.45, 7) is 1.24. The van der Waals surface area contributed by atoms with E-state index in [2.05, 4.69) is 0 Å². The van der Waals surface area contributed by atoms with Gasteiger partial charge in [0.2, 0.25) is 0 Å². The number of aldehydes is 1. The smallest absolute Gasteiger partial charge is 0.151 e. The van der Waals surface area contributed by atoms with Crippen molar-refractivity contribution in [2.75, 3.05) is 0 Å². The van der Waals surface area contributed by atoms with Crippen LogP contribution in [-0.4, -0.2) is 51.1 Å². The van der Waals surface area contributed by atoms with Crippen molar-refractivity contribution < 1.29 is 25.2 Å². The van der Waals surface area contributed by atoms with E-state index in [-0.39, 0.29) is 23.3 Å². The second-order valence-electron chi connectivity index (χ2n) is 2.35. The molecule has 0 bridgehead atoms. The Morgan fingerprint density at radius 1 is 1.08 bits per heavy atom. The van der Waals surface area contributed by atoms with Crippen LogP contribution in [0.4, 0.5) is 0 Å². The lowest BCUT2D eigenvalue weighted by Gasteiger charge is -2.21. The molecule has 6 heteroatoms. The highest BCUT2D eigenvalue weighted by Crippen LogP contribution is 2.02. The van der Waals surface area contributed by atoms with Crippen LogP contribution in [0.1, 0.15) is 6.92 Å². The summed E-state index contributed by atoms with van der Waals surface area (Å²) in [5, 5.41) is 35.1. The fourth-order valence-electron chi connectivity index (χ4n) is 0.568. The molecule has 0 aromatic carbocycles. The molecule has 0 rings (SSSR count). The molecule has 0 fully saturated rings. The average molecular weight is 245 g/mol. The van der Waals surface area contributed by atoms with Crippen molar-refractivity contribution in [3.8, 4) is 0 Å². The molecule has 0 aromatic heterocycles. The molecule has 0 saturated heterocycles. The summed E-state index contributed by atoms with van der Waals surface area (Å²) in [6, 6.07) is 0. The zero-order valence-corrected chi connectivity index (χ0v) is 8.21. The van der Waals surface area contributed by atoms with Crippen LogP contribution >= 0.6 is 17.0 Å². The highest BCUT2D eigenvalue weighted by molar-refractivity contribution is 8.93. The monoisotopic (exact) mass is 244 g/mol. The van der Waals surface area contributed by atoms with Crippen molar-refractivity contribution >= 4 is 23.3 Å². The Hall–Kier alpha value is -0.01000. The maximum Gasteiger partial charge on any atom is 0.151 e. The number of hydrogen-bond donors (Lipinski definition) is 4. The first-order valence-electron chi connectivity index (χ1n) is 3.18. The quantitative estimate of drug-likeness (QED) is 0.439. The topological polar surface area (TPSA) is 98.0 Å². The van der Waals surface area contributed by atoms with Crippen LogP contribution in [0.25, 0.3) is 0 Å². The number of carbonyl (C=O) groups excluding carboxylic acids is 1. The Morgan fingerprint density at radius 3 is 1.75 bits per heavy atom. The lowest BCUT2D eigenvalue weighted by atomic mass is 10.1. The third kappa shape index (κ3) is 4.13. The molecule has 0 aromatic rings. The van der Waals surface area contributed by atoms with Crippen molar-refractivity contribution in [3.63, 3.8) is 0 Å². The molecule has 0 aliphatic heterocycles. The van der Waals surface area contributed by atoms with E-state index in [1.54, 1.807) is 0 Å². The van der Waals surface area contributed by atoms with E-state index in [9.17, 15) is 4.79 Å². The fraction of sp³-hybridized carbons (Fsp3) is 0.833. The highest BCUT2D eigenvalue weighted by atomic mass is 79.9. The predicted molar refractivity (Wildman–Crippen MR) is 46.1 cm³/mol. The summed E-state index contributed by atoms with van der Waals surface area (Å²) in [5.41, 5.74) is 0. The molecule has 12 heavy (non-hydrogen) atoms. The lowest BCUT2D eigenvalue weighted by Crippen LogP contribution is -2.43. The van der Waals surface area contributed by atoms with Crippen LogP contribution in [0, 0.1) is 0 Å². The lowest BCUT2D eigenvalue weighted by molar-refractivity contribution is -0.132. The van der Waals surface area contributed by atoms with E-state index in [4.69, 9.17) is 20.4 Å². The average Bonchev–Trinajstić information content (AvgIpc) is 2.00. The van der Waals surface area contributed by atoms with E-state index in [0.29, 0.717) is 0 Å². The number of halogens is 1. The molecule has 0 radical (unpaired) electrons.